The molecule has 1 heterocycles. The molecule has 1 fully saturated rings. The number of carbonyl (C=O) groups is 1. The van der Waals surface area contributed by atoms with E-state index in [9.17, 15) is 4.79 Å². The Morgan fingerprint density at radius 2 is 2.28 bits per heavy atom. The molecule has 1 aromatic rings. The first-order chi connectivity index (χ1) is 8.56. The molecule has 3 nitrogen and oxygen atoms in total. The zero-order valence-electron chi connectivity index (χ0n) is 10.8. The van der Waals surface area contributed by atoms with E-state index in [4.69, 9.17) is 11.6 Å². The lowest BCUT2D eigenvalue weighted by Crippen LogP contribution is -2.52. The van der Waals surface area contributed by atoms with Gasteiger partial charge in [-0.05, 0) is 38.5 Å². The normalized spacial score (nSPS) is 28.1. The van der Waals surface area contributed by atoms with Gasteiger partial charge in [-0.3, -0.25) is 4.79 Å². The number of rotatable bonds is 3. The van der Waals surface area contributed by atoms with Crippen LogP contribution in [0.1, 0.15) is 48.0 Å². The smallest absolute Gasteiger partial charge is 0.263 e. The van der Waals surface area contributed by atoms with Crippen LogP contribution in [0.2, 0.25) is 0 Å². The number of halogens is 1. The second kappa shape index (κ2) is 5.57. The lowest BCUT2D eigenvalue weighted by molar-refractivity contribution is 0.0876. The first kappa shape index (κ1) is 13.8. The Bertz CT molecular complexity index is 424. The quantitative estimate of drug-likeness (QED) is 0.866. The summed E-state index contributed by atoms with van der Waals surface area (Å²) >= 11 is 7.49. The second-order valence-corrected chi connectivity index (χ2v) is 6.44. The molecule has 0 unspecified atom stereocenters. The van der Waals surface area contributed by atoms with Gasteiger partial charge in [-0.1, -0.05) is 6.92 Å². The van der Waals surface area contributed by atoms with Gasteiger partial charge in [0.25, 0.3) is 5.91 Å². The number of nitrogens with zero attached hydrogens (tertiary/aromatic N) is 1. The van der Waals surface area contributed by atoms with Gasteiger partial charge in [0.2, 0.25) is 0 Å². The van der Waals surface area contributed by atoms with Crippen LogP contribution in [0.3, 0.4) is 0 Å². The highest BCUT2D eigenvalue weighted by atomic mass is 35.5. The molecular weight excluding hydrogens is 268 g/mol. The van der Waals surface area contributed by atoms with Crippen molar-refractivity contribution in [3.63, 3.8) is 0 Å². The summed E-state index contributed by atoms with van der Waals surface area (Å²) in [6.07, 6.45) is 4.21. The van der Waals surface area contributed by atoms with Gasteiger partial charge in [0.1, 0.15) is 4.88 Å². The number of alkyl halides is 1. The van der Waals surface area contributed by atoms with E-state index >= 15 is 0 Å². The number of aryl methyl sites for hydroxylation is 1. The minimum atomic E-state index is -0.221. The van der Waals surface area contributed by atoms with Crippen molar-refractivity contribution < 1.29 is 4.79 Å². The molecule has 0 radical (unpaired) electrons. The highest BCUT2D eigenvalue weighted by molar-refractivity contribution is 7.11. The van der Waals surface area contributed by atoms with Crippen molar-refractivity contribution in [3.8, 4) is 0 Å². The predicted octanol–water partition coefficient (Wildman–Crippen LogP) is 3.37. The fraction of sp³-hybridized carbons (Fsp3) is 0.692. The molecule has 1 aromatic heterocycles. The first-order valence-corrected chi connectivity index (χ1v) is 7.76. The number of aromatic nitrogens is 1. The predicted molar refractivity (Wildman–Crippen MR) is 75.4 cm³/mol. The van der Waals surface area contributed by atoms with Crippen LogP contribution < -0.4 is 5.32 Å². The summed E-state index contributed by atoms with van der Waals surface area (Å²) in [7, 11) is 0. The number of thiazole rings is 1. The lowest BCUT2D eigenvalue weighted by Gasteiger charge is -2.38. The van der Waals surface area contributed by atoms with E-state index in [1.165, 1.54) is 11.3 Å². The van der Waals surface area contributed by atoms with E-state index in [1.54, 1.807) is 5.51 Å². The highest BCUT2D eigenvalue weighted by Crippen LogP contribution is 2.33. The largest absolute Gasteiger partial charge is 0.345 e. The molecule has 1 saturated carbocycles. The third kappa shape index (κ3) is 2.86. The summed E-state index contributed by atoms with van der Waals surface area (Å²) in [5, 5.41) is 3.15. The van der Waals surface area contributed by atoms with Crippen molar-refractivity contribution in [1.82, 2.24) is 10.3 Å². The molecule has 5 heteroatoms. The molecule has 1 N–H and O–H groups in total. The second-order valence-electron chi connectivity index (χ2n) is 5.32. The minimum absolute atomic E-state index is 0.0230. The maximum absolute atomic E-state index is 12.2. The van der Waals surface area contributed by atoms with Crippen molar-refractivity contribution >= 4 is 28.8 Å². The average molecular weight is 287 g/mol. The molecule has 0 atom stereocenters. The monoisotopic (exact) mass is 286 g/mol. The highest BCUT2D eigenvalue weighted by Gasteiger charge is 2.35. The summed E-state index contributed by atoms with van der Waals surface area (Å²) < 4.78 is 0. The van der Waals surface area contributed by atoms with Gasteiger partial charge in [0.05, 0.1) is 16.7 Å². The molecule has 1 aliphatic carbocycles. The van der Waals surface area contributed by atoms with Crippen molar-refractivity contribution in [2.75, 3.05) is 5.88 Å². The maximum atomic E-state index is 12.2. The molecule has 18 heavy (non-hydrogen) atoms. The summed E-state index contributed by atoms with van der Waals surface area (Å²) in [4.78, 5) is 17.1. The van der Waals surface area contributed by atoms with Crippen molar-refractivity contribution in [1.29, 1.82) is 0 Å². The van der Waals surface area contributed by atoms with Crippen LogP contribution >= 0.6 is 22.9 Å². The molecular formula is C13H19ClN2OS. The molecule has 1 amide bonds. The Morgan fingerprint density at radius 3 is 2.78 bits per heavy atom. The van der Waals surface area contributed by atoms with E-state index < -0.39 is 0 Å². The van der Waals surface area contributed by atoms with Gasteiger partial charge < -0.3 is 5.32 Å². The van der Waals surface area contributed by atoms with E-state index in [1.807, 2.05) is 6.92 Å². The van der Waals surface area contributed by atoms with Gasteiger partial charge in [0, 0.05) is 5.88 Å². The van der Waals surface area contributed by atoms with Crippen LogP contribution in [0, 0.1) is 12.8 Å². The summed E-state index contributed by atoms with van der Waals surface area (Å²) in [6, 6.07) is 0. The number of nitrogens with one attached hydrogen (secondary N) is 1. The number of carbonyl (C=O) groups excluding carboxylic acids is 1. The van der Waals surface area contributed by atoms with Crippen molar-refractivity contribution in [3.05, 3.63) is 16.1 Å². The number of hydrogen-bond donors (Lipinski definition) is 1. The number of amides is 1. The van der Waals surface area contributed by atoms with E-state index in [0.717, 1.165) is 37.3 Å². The lowest BCUT2D eigenvalue weighted by atomic mass is 9.78. The standard InChI is InChI=1S/C13H19ClN2OS/c1-9-3-5-13(7-14,6-4-9)16-12(17)11-10(2)15-8-18-11/h8-9H,3-7H2,1-2H3,(H,16,17). The number of hydrogen-bond acceptors (Lipinski definition) is 3. The van der Waals surface area contributed by atoms with Gasteiger partial charge in [-0.2, -0.15) is 0 Å². The Balaban J connectivity index is 2.07. The molecule has 1 aliphatic rings. The molecule has 0 saturated heterocycles. The molecule has 0 spiro atoms. The van der Waals surface area contributed by atoms with E-state index in [-0.39, 0.29) is 11.4 Å². The Hall–Kier alpha value is -0.610. The zero-order valence-corrected chi connectivity index (χ0v) is 12.4. The van der Waals surface area contributed by atoms with Crippen LogP contribution in [0.5, 0.6) is 0 Å². The van der Waals surface area contributed by atoms with Gasteiger partial charge in [-0.25, -0.2) is 4.98 Å². The average Bonchev–Trinajstić information content (AvgIpc) is 2.79. The van der Waals surface area contributed by atoms with Crippen LogP contribution in [0.25, 0.3) is 0 Å². The molecule has 0 bridgehead atoms. The molecule has 2 rings (SSSR count). The summed E-state index contributed by atoms with van der Waals surface area (Å²) in [5.74, 6) is 1.21. The van der Waals surface area contributed by atoms with Gasteiger partial charge >= 0.3 is 0 Å². The minimum Gasteiger partial charge on any atom is -0.345 e. The van der Waals surface area contributed by atoms with Crippen molar-refractivity contribution in [2.24, 2.45) is 5.92 Å². The Kier molecular flexibility index (Phi) is 4.28. The first-order valence-electron chi connectivity index (χ1n) is 6.35. The Morgan fingerprint density at radius 1 is 1.61 bits per heavy atom. The van der Waals surface area contributed by atoms with Crippen LogP contribution in [-0.2, 0) is 0 Å². The van der Waals surface area contributed by atoms with E-state index in [0.29, 0.717) is 10.8 Å². The SMILES string of the molecule is Cc1ncsc1C(=O)NC1(CCl)CCC(C)CC1. The molecule has 0 aromatic carbocycles. The summed E-state index contributed by atoms with van der Waals surface area (Å²) in [5.41, 5.74) is 2.29. The van der Waals surface area contributed by atoms with Crippen molar-refractivity contribution in [2.45, 2.75) is 45.1 Å². The fourth-order valence-corrected chi connectivity index (χ4v) is 3.46. The summed E-state index contributed by atoms with van der Waals surface area (Å²) in [6.45, 7) is 4.12. The topological polar surface area (TPSA) is 42.0 Å². The molecule has 0 aliphatic heterocycles. The fourth-order valence-electron chi connectivity index (χ4n) is 2.42. The van der Waals surface area contributed by atoms with Crippen LogP contribution in [0.4, 0.5) is 0 Å². The van der Waals surface area contributed by atoms with Gasteiger partial charge in [0.15, 0.2) is 0 Å². The Labute approximate surface area is 117 Å². The van der Waals surface area contributed by atoms with Gasteiger partial charge in [-0.15, -0.1) is 22.9 Å². The van der Waals surface area contributed by atoms with E-state index in [2.05, 4.69) is 17.2 Å². The zero-order chi connectivity index (χ0) is 13.2. The van der Waals surface area contributed by atoms with Crippen LogP contribution in [-0.4, -0.2) is 22.3 Å². The maximum Gasteiger partial charge on any atom is 0.263 e. The third-order valence-corrected chi connectivity index (χ3v) is 5.26. The molecule has 100 valence electrons. The third-order valence-electron chi connectivity index (χ3n) is 3.82. The van der Waals surface area contributed by atoms with Crippen LogP contribution in [0.15, 0.2) is 5.51 Å².